The highest BCUT2D eigenvalue weighted by Crippen LogP contribution is 2.26. The SMILES string of the molecule is COC(=O)c1ccc(NC(=O)[C@H]2CCCN(C(=O)Cc3ccccc3)C2)c(Cl)c1. The summed E-state index contributed by atoms with van der Waals surface area (Å²) in [6.45, 7) is 1.04. The van der Waals surface area contributed by atoms with E-state index in [1.807, 2.05) is 30.3 Å². The maximum atomic E-state index is 12.7. The van der Waals surface area contributed by atoms with Crippen molar-refractivity contribution in [2.24, 2.45) is 5.92 Å². The number of hydrogen-bond donors (Lipinski definition) is 1. The lowest BCUT2D eigenvalue weighted by Gasteiger charge is -2.32. The minimum absolute atomic E-state index is 0.0224. The van der Waals surface area contributed by atoms with Crippen molar-refractivity contribution in [1.82, 2.24) is 4.90 Å². The van der Waals surface area contributed by atoms with Gasteiger partial charge in [-0.2, -0.15) is 0 Å². The van der Waals surface area contributed by atoms with E-state index in [0.29, 0.717) is 37.2 Å². The summed E-state index contributed by atoms with van der Waals surface area (Å²) in [4.78, 5) is 38.7. The van der Waals surface area contributed by atoms with E-state index in [1.165, 1.54) is 13.2 Å². The van der Waals surface area contributed by atoms with Gasteiger partial charge in [-0.15, -0.1) is 0 Å². The molecule has 1 aliphatic heterocycles. The smallest absolute Gasteiger partial charge is 0.337 e. The molecule has 152 valence electrons. The van der Waals surface area contributed by atoms with Crippen LogP contribution in [0.25, 0.3) is 0 Å². The minimum atomic E-state index is -0.496. The number of esters is 1. The Kier molecular flexibility index (Phi) is 6.88. The van der Waals surface area contributed by atoms with E-state index in [-0.39, 0.29) is 22.8 Å². The second-order valence-corrected chi connectivity index (χ2v) is 7.42. The molecule has 0 unspecified atom stereocenters. The molecule has 0 saturated carbocycles. The van der Waals surface area contributed by atoms with Gasteiger partial charge in [0.2, 0.25) is 11.8 Å². The topological polar surface area (TPSA) is 75.7 Å². The normalized spacial score (nSPS) is 16.2. The van der Waals surface area contributed by atoms with Gasteiger partial charge in [-0.1, -0.05) is 41.9 Å². The lowest BCUT2D eigenvalue weighted by atomic mass is 9.96. The van der Waals surface area contributed by atoms with Crippen LogP contribution in [0.4, 0.5) is 5.69 Å². The molecule has 1 aliphatic rings. The molecule has 0 spiro atoms. The Labute approximate surface area is 174 Å². The lowest BCUT2D eigenvalue weighted by molar-refractivity contribution is -0.133. The van der Waals surface area contributed by atoms with Crippen molar-refractivity contribution in [3.63, 3.8) is 0 Å². The van der Waals surface area contributed by atoms with Crippen molar-refractivity contribution in [3.8, 4) is 0 Å². The number of methoxy groups -OCH3 is 1. The van der Waals surface area contributed by atoms with Gasteiger partial charge in [-0.05, 0) is 36.6 Å². The van der Waals surface area contributed by atoms with Crippen molar-refractivity contribution < 1.29 is 19.1 Å². The van der Waals surface area contributed by atoms with Crippen LogP contribution in [0.2, 0.25) is 5.02 Å². The van der Waals surface area contributed by atoms with Gasteiger partial charge < -0.3 is 15.0 Å². The number of piperidine rings is 1. The Morgan fingerprint density at radius 3 is 2.62 bits per heavy atom. The van der Waals surface area contributed by atoms with Gasteiger partial charge in [-0.3, -0.25) is 9.59 Å². The number of carbonyl (C=O) groups excluding carboxylic acids is 3. The molecule has 2 aromatic rings. The van der Waals surface area contributed by atoms with Crippen LogP contribution in [-0.2, 0) is 20.7 Å². The third-order valence-corrected chi connectivity index (χ3v) is 5.30. The molecule has 1 fully saturated rings. The predicted octanol–water partition coefficient (Wildman–Crippen LogP) is 3.55. The van der Waals surface area contributed by atoms with Gasteiger partial charge >= 0.3 is 5.97 Å². The summed E-state index contributed by atoms with van der Waals surface area (Å²) in [5.74, 6) is -0.964. The number of nitrogens with zero attached hydrogens (tertiary/aromatic N) is 1. The maximum Gasteiger partial charge on any atom is 0.337 e. The van der Waals surface area contributed by atoms with Crippen LogP contribution < -0.4 is 5.32 Å². The molecule has 7 heteroatoms. The fourth-order valence-electron chi connectivity index (χ4n) is 3.40. The number of anilines is 1. The molecular weight excluding hydrogens is 392 g/mol. The van der Waals surface area contributed by atoms with E-state index >= 15 is 0 Å². The van der Waals surface area contributed by atoms with Crippen LogP contribution >= 0.6 is 11.6 Å². The number of halogens is 1. The summed E-state index contributed by atoms with van der Waals surface area (Å²) in [7, 11) is 1.29. The third-order valence-electron chi connectivity index (χ3n) is 4.99. The average Bonchev–Trinajstić information content (AvgIpc) is 2.75. The van der Waals surface area contributed by atoms with Crippen molar-refractivity contribution in [1.29, 1.82) is 0 Å². The molecule has 2 aromatic carbocycles. The Bertz CT molecular complexity index is 901. The molecule has 3 rings (SSSR count). The van der Waals surface area contributed by atoms with Crippen molar-refractivity contribution in [2.75, 3.05) is 25.5 Å². The lowest BCUT2D eigenvalue weighted by Crippen LogP contribution is -2.44. The first-order chi connectivity index (χ1) is 14.0. The highest BCUT2D eigenvalue weighted by Gasteiger charge is 2.28. The van der Waals surface area contributed by atoms with Crippen LogP contribution in [0.3, 0.4) is 0 Å². The highest BCUT2D eigenvalue weighted by atomic mass is 35.5. The van der Waals surface area contributed by atoms with Gasteiger partial charge in [0.1, 0.15) is 0 Å². The van der Waals surface area contributed by atoms with Gasteiger partial charge in [-0.25, -0.2) is 4.79 Å². The second kappa shape index (κ2) is 9.56. The summed E-state index contributed by atoms with van der Waals surface area (Å²) in [6.07, 6.45) is 1.81. The van der Waals surface area contributed by atoms with Crippen molar-refractivity contribution in [2.45, 2.75) is 19.3 Å². The van der Waals surface area contributed by atoms with Crippen molar-refractivity contribution >= 4 is 35.1 Å². The molecule has 0 radical (unpaired) electrons. The first-order valence-corrected chi connectivity index (χ1v) is 9.86. The number of likely N-dealkylation sites (tertiary alicyclic amines) is 1. The first-order valence-electron chi connectivity index (χ1n) is 9.48. The van der Waals surface area contributed by atoms with Crippen LogP contribution in [0, 0.1) is 5.92 Å². The van der Waals surface area contributed by atoms with E-state index < -0.39 is 5.97 Å². The predicted molar refractivity (Wildman–Crippen MR) is 111 cm³/mol. The molecule has 0 aromatic heterocycles. The number of amides is 2. The minimum Gasteiger partial charge on any atom is -0.465 e. The quantitative estimate of drug-likeness (QED) is 0.759. The molecule has 29 heavy (non-hydrogen) atoms. The monoisotopic (exact) mass is 414 g/mol. The first kappa shape index (κ1) is 20.9. The fourth-order valence-corrected chi connectivity index (χ4v) is 3.62. The van der Waals surface area contributed by atoms with Crippen LogP contribution in [0.1, 0.15) is 28.8 Å². The zero-order chi connectivity index (χ0) is 20.8. The van der Waals surface area contributed by atoms with E-state index in [4.69, 9.17) is 11.6 Å². The average molecular weight is 415 g/mol. The molecular formula is C22H23ClN2O4. The Balaban J connectivity index is 1.61. The van der Waals surface area contributed by atoms with Gasteiger partial charge in [0.25, 0.3) is 0 Å². The van der Waals surface area contributed by atoms with Gasteiger partial charge in [0.15, 0.2) is 0 Å². The van der Waals surface area contributed by atoms with E-state index in [2.05, 4.69) is 10.1 Å². The summed E-state index contributed by atoms with van der Waals surface area (Å²) < 4.78 is 4.66. The number of carbonyl (C=O) groups is 3. The van der Waals surface area contributed by atoms with Gasteiger partial charge in [0, 0.05) is 13.1 Å². The number of benzene rings is 2. The number of hydrogen-bond acceptors (Lipinski definition) is 4. The Hall–Kier alpha value is -2.86. The van der Waals surface area contributed by atoms with Crippen LogP contribution in [0.15, 0.2) is 48.5 Å². The third kappa shape index (κ3) is 5.35. The molecule has 0 aliphatic carbocycles. The van der Waals surface area contributed by atoms with Crippen molar-refractivity contribution in [3.05, 3.63) is 64.7 Å². The standard InChI is InChI=1S/C22H23ClN2O4/c1-29-22(28)16-9-10-19(18(23)13-16)24-21(27)17-8-5-11-25(14-17)20(26)12-15-6-3-2-4-7-15/h2-4,6-7,9-10,13,17H,5,8,11-12,14H2,1H3,(H,24,27)/t17-/m0/s1. The molecule has 6 nitrogen and oxygen atoms in total. The Morgan fingerprint density at radius 2 is 1.93 bits per heavy atom. The van der Waals surface area contributed by atoms with Gasteiger partial charge in [0.05, 0.1) is 35.7 Å². The maximum absolute atomic E-state index is 12.7. The van der Waals surface area contributed by atoms with E-state index in [0.717, 1.165) is 12.0 Å². The number of nitrogens with one attached hydrogen (secondary N) is 1. The highest BCUT2D eigenvalue weighted by molar-refractivity contribution is 6.34. The molecule has 0 bridgehead atoms. The molecule has 1 heterocycles. The zero-order valence-electron chi connectivity index (χ0n) is 16.2. The van der Waals surface area contributed by atoms with E-state index in [1.54, 1.807) is 17.0 Å². The summed E-state index contributed by atoms with van der Waals surface area (Å²) >= 11 is 6.20. The molecule has 1 saturated heterocycles. The molecule has 2 amide bonds. The largest absolute Gasteiger partial charge is 0.465 e. The molecule has 1 atom stereocenters. The number of rotatable bonds is 5. The second-order valence-electron chi connectivity index (χ2n) is 7.02. The van der Waals surface area contributed by atoms with Crippen LogP contribution in [-0.4, -0.2) is 42.9 Å². The Morgan fingerprint density at radius 1 is 1.17 bits per heavy atom. The zero-order valence-corrected chi connectivity index (χ0v) is 16.9. The van der Waals surface area contributed by atoms with E-state index in [9.17, 15) is 14.4 Å². The summed E-state index contributed by atoms with van der Waals surface area (Å²) in [5.41, 5.74) is 1.70. The summed E-state index contributed by atoms with van der Waals surface area (Å²) in [5, 5.41) is 3.07. The molecule has 1 N–H and O–H groups in total. The fraction of sp³-hybridized carbons (Fsp3) is 0.318. The summed E-state index contributed by atoms with van der Waals surface area (Å²) in [6, 6.07) is 14.2. The number of ether oxygens (including phenoxy) is 1. The van der Waals surface area contributed by atoms with Crippen LogP contribution in [0.5, 0.6) is 0 Å².